The normalized spacial score (nSPS) is 12.0. The summed E-state index contributed by atoms with van der Waals surface area (Å²) in [6.07, 6.45) is 0. The molecule has 0 aliphatic rings. The van der Waals surface area contributed by atoms with Crippen LogP contribution in [0.2, 0.25) is 0 Å². The van der Waals surface area contributed by atoms with Crippen LogP contribution in [0.3, 0.4) is 0 Å². The molecule has 3 aromatic carbocycles. The zero-order valence-corrected chi connectivity index (χ0v) is 24.8. The number of hydrogen-bond donors (Lipinski definition) is 1. The number of carbonyl (C=O) groups is 2. The van der Waals surface area contributed by atoms with Crippen LogP contribution in [0, 0.1) is 16.0 Å². The molecule has 12 heteroatoms. The molecule has 0 fully saturated rings. The third-order valence-corrected chi connectivity index (χ3v) is 8.37. The molecule has 0 saturated carbocycles. The van der Waals surface area contributed by atoms with Crippen molar-refractivity contribution >= 4 is 49.1 Å². The van der Waals surface area contributed by atoms with Gasteiger partial charge in [-0.3, -0.25) is 24.0 Å². The minimum absolute atomic E-state index is 0.0382. The fourth-order valence-electron chi connectivity index (χ4n) is 3.83. The Bertz CT molecular complexity index is 1450. The number of rotatable bonds is 12. The van der Waals surface area contributed by atoms with Gasteiger partial charge in [0.15, 0.2) is 0 Å². The van der Waals surface area contributed by atoms with Crippen molar-refractivity contribution in [3.05, 3.63) is 99.0 Å². The molecule has 1 N–H and O–H groups in total. The quantitative estimate of drug-likeness (QED) is 0.227. The molecule has 0 aliphatic heterocycles. The number of carbonyl (C=O) groups excluding carboxylic acids is 2. The summed E-state index contributed by atoms with van der Waals surface area (Å²) in [7, 11) is -4.31. The largest absolute Gasteiger partial charge is 0.354 e. The molecule has 40 heavy (non-hydrogen) atoms. The molecule has 2 amide bonds. The lowest BCUT2D eigenvalue weighted by molar-refractivity contribution is -0.384. The van der Waals surface area contributed by atoms with E-state index in [-0.39, 0.29) is 34.6 Å². The molecule has 0 heterocycles. The molecule has 0 unspecified atom stereocenters. The molecule has 212 valence electrons. The minimum atomic E-state index is -4.31. The molecule has 0 radical (unpaired) electrons. The Morgan fingerprint density at radius 1 is 0.975 bits per heavy atom. The van der Waals surface area contributed by atoms with Gasteiger partial charge < -0.3 is 10.2 Å². The maximum atomic E-state index is 13.9. The topological polar surface area (TPSA) is 130 Å². The number of amides is 2. The SMILES string of the molecule is CC(C)CNC(=O)[C@@H](C)N(Cc1ccc(Br)cc1)C(=O)CN(c1cccc([N+](=O)[O-])c1)S(=O)(=O)c1ccccc1. The van der Waals surface area contributed by atoms with Crippen molar-refractivity contribution in [3.8, 4) is 0 Å². The van der Waals surface area contributed by atoms with Gasteiger partial charge >= 0.3 is 0 Å². The van der Waals surface area contributed by atoms with Gasteiger partial charge in [-0.05, 0) is 48.7 Å². The maximum Gasteiger partial charge on any atom is 0.271 e. The van der Waals surface area contributed by atoms with E-state index in [0.29, 0.717) is 6.54 Å². The second-order valence-electron chi connectivity index (χ2n) is 9.56. The first-order chi connectivity index (χ1) is 18.9. The molecule has 10 nitrogen and oxygen atoms in total. The summed E-state index contributed by atoms with van der Waals surface area (Å²) in [5.41, 5.74) is 0.353. The third-order valence-electron chi connectivity index (χ3n) is 6.06. The van der Waals surface area contributed by atoms with Crippen LogP contribution in [0.25, 0.3) is 0 Å². The van der Waals surface area contributed by atoms with Crippen molar-refractivity contribution in [2.75, 3.05) is 17.4 Å². The molecule has 0 aromatic heterocycles. The van der Waals surface area contributed by atoms with Gasteiger partial charge in [0.25, 0.3) is 15.7 Å². The van der Waals surface area contributed by atoms with Crippen LogP contribution >= 0.6 is 15.9 Å². The monoisotopic (exact) mass is 630 g/mol. The predicted molar refractivity (Wildman–Crippen MR) is 156 cm³/mol. The van der Waals surface area contributed by atoms with Gasteiger partial charge in [0.1, 0.15) is 12.6 Å². The van der Waals surface area contributed by atoms with Crippen LogP contribution in [0.1, 0.15) is 26.3 Å². The van der Waals surface area contributed by atoms with Crippen LogP contribution in [0.15, 0.2) is 88.2 Å². The lowest BCUT2D eigenvalue weighted by Gasteiger charge is -2.32. The van der Waals surface area contributed by atoms with Gasteiger partial charge in [0.05, 0.1) is 15.5 Å². The highest BCUT2D eigenvalue weighted by molar-refractivity contribution is 9.10. The van der Waals surface area contributed by atoms with E-state index in [4.69, 9.17) is 0 Å². The van der Waals surface area contributed by atoms with Gasteiger partial charge in [0.2, 0.25) is 11.8 Å². The molecule has 3 aromatic rings. The molecular formula is C28H31BrN4O6S. The van der Waals surface area contributed by atoms with E-state index >= 15 is 0 Å². The summed E-state index contributed by atoms with van der Waals surface area (Å²) in [4.78, 5) is 38.9. The van der Waals surface area contributed by atoms with Crippen molar-refractivity contribution in [2.45, 2.75) is 38.3 Å². The summed E-state index contributed by atoms with van der Waals surface area (Å²) in [6.45, 7) is 5.23. The second kappa shape index (κ2) is 13.5. The number of sulfonamides is 1. The second-order valence-corrected chi connectivity index (χ2v) is 12.3. The molecule has 0 bridgehead atoms. The maximum absolute atomic E-state index is 13.9. The number of nitrogens with zero attached hydrogens (tertiary/aromatic N) is 3. The van der Waals surface area contributed by atoms with Crippen LogP contribution in [0.5, 0.6) is 0 Å². The average Bonchev–Trinajstić information content (AvgIpc) is 2.94. The van der Waals surface area contributed by atoms with E-state index < -0.39 is 33.4 Å². The Morgan fingerprint density at radius 3 is 2.23 bits per heavy atom. The summed E-state index contributed by atoms with van der Waals surface area (Å²) in [6, 6.07) is 18.8. The number of hydrogen-bond acceptors (Lipinski definition) is 6. The highest BCUT2D eigenvalue weighted by Crippen LogP contribution is 2.27. The Kier molecular flexibility index (Phi) is 10.4. The van der Waals surface area contributed by atoms with Gasteiger partial charge in [-0.25, -0.2) is 8.42 Å². The van der Waals surface area contributed by atoms with E-state index in [9.17, 15) is 28.1 Å². The number of nitrogens with one attached hydrogen (secondary N) is 1. The standard InChI is InChI=1S/C28H31BrN4O6S/c1-20(2)17-30-28(35)21(3)31(18-22-12-14-23(29)15-13-22)27(34)19-32(24-8-7-9-25(16-24)33(36)37)40(38,39)26-10-5-4-6-11-26/h4-16,20-21H,17-19H2,1-3H3,(H,30,35)/t21-/m1/s1. The molecule has 3 rings (SSSR count). The molecule has 0 aliphatic carbocycles. The van der Waals surface area contributed by atoms with Crippen molar-refractivity contribution in [2.24, 2.45) is 5.92 Å². The van der Waals surface area contributed by atoms with Crippen molar-refractivity contribution < 1.29 is 22.9 Å². The lowest BCUT2D eigenvalue weighted by atomic mass is 10.1. The van der Waals surface area contributed by atoms with E-state index in [1.54, 1.807) is 49.4 Å². The molecule has 1 atom stereocenters. The number of anilines is 1. The Balaban J connectivity index is 2.04. The number of benzene rings is 3. The van der Waals surface area contributed by atoms with Gasteiger partial charge in [-0.15, -0.1) is 0 Å². The minimum Gasteiger partial charge on any atom is -0.354 e. The Morgan fingerprint density at radius 2 is 1.62 bits per heavy atom. The Labute approximate surface area is 242 Å². The fraction of sp³-hybridized carbons (Fsp3) is 0.286. The van der Waals surface area contributed by atoms with Crippen LogP contribution in [-0.4, -0.2) is 49.2 Å². The van der Waals surface area contributed by atoms with Crippen LogP contribution < -0.4 is 9.62 Å². The van der Waals surface area contributed by atoms with E-state index in [2.05, 4.69) is 21.2 Å². The van der Waals surface area contributed by atoms with Gasteiger partial charge in [-0.1, -0.05) is 66.2 Å². The Hall–Kier alpha value is -3.77. The number of non-ortho nitro benzene ring substituents is 1. The molecule has 0 saturated heterocycles. The first kappa shape index (κ1) is 30.8. The highest BCUT2D eigenvalue weighted by Gasteiger charge is 2.33. The van der Waals surface area contributed by atoms with E-state index in [1.807, 2.05) is 13.8 Å². The summed E-state index contributed by atoms with van der Waals surface area (Å²) in [5, 5.41) is 14.3. The predicted octanol–water partition coefficient (Wildman–Crippen LogP) is 4.74. The smallest absolute Gasteiger partial charge is 0.271 e. The zero-order chi connectivity index (χ0) is 29.4. The highest BCUT2D eigenvalue weighted by atomic mass is 79.9. The van der Waals surface area contributed by atoms with Gasteiger partial charge in [0, 0.05) is 29.7 Å². The van der Waals surface area contributed by atoms with Crippen molar-refractivity contribution in [3.63, 3.8) is 0 Å². The number of halogens is 1. The average molecular weight is 632 g/mol. The van der Waals surface area contributed by atoms with Crippen molar-refractivity contribution in [1.82, 2.24) is 10.2 Å². The molecular weight excluding hydrogens is 600 g/mol. The summed E-state index contributed by atoms with van der Waals surface area (Å²) >= 11 is 3.38. The number of nitro benzene ring substituents is 1. The van der Waals surface area contributed by atoms with Crippen LogP contribution in [0.4, 0.5) is 11.4 Å². The van der Waals surface area contributed by atoms with E-state index in [1.165, 1.54) is 35.2 Å². The first-order valence-electron chi connectivity index (χ1n) is 12.5. The van der Waals surface area contributed by atoms with Crippen LogP contribution in [-0.2, 0) is 26.2 Å². The number of nitro groups is 1. The summed E-state index contributed by atoms with van der Waals surface area (Å²) < 4.78 is 29.2. The van der Waals surface area contributed by atoms with E-state index in [0.717, 1.165) is 20.4 Å². The lowest BCUT2D eigenvalue weighted by Crippen LogP contribution is -2.51. The van der Waals surface area contributed by atoms with Crippen molar-refractivity contribution in [1.29, 1.82) is 0 Å². The van der Waals surface area contributed by atoms with Gasteiger partial charge in [-0.2, -0.15) is 0 Å². The third kappa shape index (κ3) is 7.89. The first-order valence-corrected chi connectivity index (χ1v) is 14.8. The molecule has 0 spiro atoms. The summed E-state index contributed by atoms with van der Waals surface area (Å²) in [5.74, 6) is -0.847. The zero-order valence-electron chi connectivity index (χ0n) is 22.4. The fourth-order valence-corrected chi connectivity index (χ4v) is 5.52.